The van der Waals surface area contributed by atoms with Gasteiger partial charge in [-0.3, -0.25) is 4.90 Å². The minimum atomic E-state index is 0.00831. The summed E-state index contributed by atoms with van der Waals surface area (Å²) in [5.41, 5.74) is 0. The number of nitrogens with one attached hydrogen (secondary N) is 2. The number of carbonyl (C=O) groups is 1. The first-order valence-corrected chi connectivity index (χ1v) is 5.93. The Labute approximate surface area is 98.2 Å². The topological polar surface area (TPSA) is 47.6 Å². The minimum Gasteiger partial charge on any atom is -0.336 e. The summed E-state index contributed by atoms with van der Waals surface area (Å²) in [6, 6.07) is 0.614. The maximum absolute atomic E-state index is 11.7. The molecule has 16 heavy (non-hydrogen) atoms. The van der Waals surface area contributed by atoms with Crippen LogP contribution in [0.4, 0.5) is 4.79 Å². The molecule has 1 heterocycles. The molecule has 0 aromatic heterocycles. The molecule has 1 fully saturated rings. The van der Waals surface area contributed by atoms with Gasteiger partial charge in [0.1, 0.15) is 0 Å². The summed E-state index contributed by atoms with van der Waals surface area (Å²) in [4.78, 5) is 15.8. The summed E-state index contributed by atoms with van der Waals surface area (Å²) in [5.74, 6) is 0. The molecule has 94 valence electrons. The lowest BCUT2D eigenvalue weighted by Crippen LogP contribution is -2.55. The molecule has 0 aromatic carbocycles. The molecule has 2 N–H and O–H groups in total. The van der Waals surface area contributed by atoms with Gasteiger partial charge >= 0.3 is 6.03 Å². The van der Waals surface area contributed by atoms with Crippen LogP contribution in [0.15, 0.2) is 0 Å². The van der Waals surface area contributed by atoms with Crippen molar-refractivity contribution in [3.63, 3.8) is 0 Å². The lowest BCUT2D eigenvalue weighted by atomic mass is 10.2. The van der Waals surface area contributed by atoms with E-state index in [1.54, 1.807) is 4.90 Å². The van der Waals surface area contributed by atoms with Crippen molar-refractivity contribution >= 4 is 6.03 Å². The summed E-state index contributed by atoms with van der Waals surface area (Å²) in [5, 5.41) is 6.25. The fraction of sp³-hybridized carbons (Fsp3) is 0.909. The fourth-order valence-electron chi connectivity index (χ4n) is 1.82. The Morgan fingerprint density at radius 1 is 1.62 bits per heavy atom. The SMILES string of the molecule is CC(C)NC(=O)N(C)CC1CNCCN1C. The Morgan fingerprint density at radius 3 is 2.88 bits per heavy atom. The Balaban J connectivity index is 2.37. The smallest absolute Gasteiger partial charge is 0.317 e. The number of urea groups is 1. The Hall–Kier alpha value is -0.810. The average molecular weight is 228 g/mol. The summed E-state index contributed by atoms with van der Waals surface area (Å²) >= 11 is 0. The molecule has 2 amide bonds. The predicted octanol–water partition coefficient (Wildman–Crippen LogP) is -0.0602. The molecular formula is C11H24N4O. The molecule has 1 unspecified atom stereocenters. The van der Waals surface area contributed by atoms with Crippen molar-refractivity contribution in [3.05, 3.63) is 0 Å². The largest absolute Gasteiger partial charge is 0.336 e. The van der Waals surface area contributed by atoms with Crippen LogP contribution in [0.25, 0.3) is 0 Å². The van der Waals surface area contributed by atoms with E-state index in [0.29, 0.717) is 6.04 Å². The highest BCUT2D eigenvalue weighted by atomic mass is 16.2. The fourth-order valence-corrected chi connectivity index (χ4v) is 1.82. The second-order valence-electron chi connectivity index (χ2n) is 4.82. The highest BCUT2D eigenvalue weighted by Gasteiger charge is 2.21. The van der Waals surface area contributed by atoms with E-state index < -0.39 is 0 Å². The number of carbonyl (C=O) groups excluding carboxylic acids is 1. The highest BCUT2D eigenvalue weighted by Crippen LogP contribution is 2.02. The zero-order valence-corrected chi connectivity index (χ0v) is 10.8. The number of likely N-dealkylation sites (N-methyl/N-ethyl adjacent to an activating group) is 2. The third-order valence-electron chi connectivity index (χ3n) is 2.89. The van der Waals surface area contributed by atoms with E-state index in [9.17, 15) is 4.79 Å². The highest BCUT2D eigenvalue weighted by molar-refractivity contribution is 5.74. The maximum Gasteiger partial charge on any atom is 0.317 e. The van der Waals surface area contributed by atoms with Gasteiger partial charge in [-0.25, -0.2) is 4.79 Å². The number of amides is 2. The molecule has 1 atom stereocenters. The van der Waals surface area contributed by atoms with Crippen LogP contribution in [0.1, 0.15) is 13.8 Å². The van der Waals surface area contributed by atoms with E-state index in [1.165, 1.54) is 0 Å². The summed E-state index contributed by atoms with van der Waals surface area (Å²) in [7, 11) is 3.96. The molecule has 1 saturated heterocycles. The molecule has 0 aliphatic carbocycles. The van der Waals surface area contributed by atoms with E-state index in [-0.39, 0.29) is 12.1 Å². The first-order valence-electron chi connectivity index (χ1n) is 5.93. The molecule has 0 spiro atoms. The molecular weight excluding hydrogens is 204 g/mol. The monoisotopic (exact) mass is 228 g/mol. The van der Waals surface area contributed by atoms with Gasteiger partial charge in [-0.2, -0.15) is 0 Å². The van der Waals surface area contributed by atoms with Crippen LogP contribution in [0, 0.1) is 0 Å². The van der Waals surface area contributed by atoms with Crippen LogP contribution in [0.3, 0.4) is 0 Å². The average Bonchev–Trinajstić information content (AvgIpc) is 2.20. The van der Waals surface area contributed by atoms with Crippen LogP contribution in [0.5, 0.6) is 0 Å². The maximum atomic E-state index is 11.7. The van der Waals surface area contributed by atoms with E-state index in [4.69, 9.17) is 0 Å². The molecule has 1 aliphatic heterocycles. The normalized spacial score (nSPS) is 22.2. The summed E-state index contributed by atoms with van der Waals surface area (Å²) < 4.78 is 0. The van der Waals surface area contributed by atoms with Crippen LogP contribution in [0.2, 0.25) is 0 Å². The van der Waals surface area contributed by atoms with Gasteiger partial charge in [-0.1, -0.05) is 0 Å². The second kappa shape index (κ2) is 6.06. The van der Waals surface area contributed by atoms with Crippen molar-refractivity contribution in [2.75, 3.05) is 40.3 Å². The Morgan fingerprint density at radius 2 is 2.31 bits per heavy atom. The molecule has 0 saturated carbocycles. The van der Waals surface area contributed by atoms with Crippen molar-refractivity contribution in [3.8, 4) is 0 Å². The van der Waals surface area contributed by atoms with Crippen molar-refractivity contribution in [2.45, 2.75) is 25.9 Å². The second-order valence-corrected chi connectivity index (χ2v) is 4.82. The van der Waals surface area contributed by atoms with Crippen molar-refractivity contribution in [1.29, 1.82) is 0 Å². The van der Waals surface area contributed by atoms with Gasteiger partial charge in [-0.15, -0.1) is 0 Å². The van der Waals surface area contributed by atoms with Gasteiger partial charge in [0.15, 0.2) is 0 Å². The Bertz CT molecular complexity index is 232. The standard InChI is InChI=1S/C11H24N4O/c1-9(2)13-11(16)15(4)8-10-7-12-5-6-14(10)3/h9-10,12H,5-8H2,1-4H3,(H,13,16). The number of hydrogen-bond donors (Lipinski definition) is 2. The van der Waals surface area contributed by atoms with Gasteiger partial charge in [0.05, 0.1) is 0 Å². The first kappa shape index (κ1) is 13.3. The molecule has 5 heteroatoms. The zero-order valence-electron chi connectivity index (χ0n) is 10.8. The minimum absolute atomic E-state index is 0.00831. The molecule has 0 bridgehead atoms. The van der Waals surface area contributed by atoms with Gasteiger partial charge in [-0.05, 0) is 20.9 Å². The molecule has 0 radical (unpaired) electrons. The quantitative estimate of drug-likeness (QED) is 0.711. The van der Waals surface area contributed by atoms with Crippen LogP contribution in [-0.2, 0) is 0 Å². The van der Waals surface area contributed by atoms with Crippen molar-refractivity contribution < 1.29 is 4.79 Å². The number of rotatable bonds is 3. The van der Waals surface area contributed by atoms with Crippen LogP contribution < -0.4 is 10.6 Å². The summed E-state index contributed by atoms with van der Waals surface area (Å²) in [6.45, 7) is 7.75. The predicted molar refractivity (Wildman–Crippen MR) is 65.6 cm³/mol. The number of hydrogen-bond acceptors (Lipinski definition) is 3. The van der Waals surface area contributed by atoms with Crippen molar-refractivity contribution in [2.24, 2.45) is 0 Å². The van der Waals surface area contributed by atoms with E-state index >= 15 is 0 Å². The third-order valence-corrected chi connectivity index (χ3v) is 2.89. The number of nitrogens with zero attached hydrogens (tertiary/aromatic N) is 2. The lowest BCUT2D eigenvalue weighted by Gasteiger charge is -2.35. The lowest BCUT2D eigenvalue weighted by molar-refractivity contribution is 0.152. The van der Waals surface area contributed by atoms with E-state index in [1.807, 2.05) is 20.9 Å². The molecule has 0 aromatic rings. The Kier molecular flexibility index (Phi) is 5.02. The van der Waals surface area contributed by atoms with Crippen LogP contribution in [-0.4, -0.2) is 68.2 Å². The summed E-state index contributed by atoms with van der Waals surface area (Å²) in [6.07, 6.45) is 0. The number of piperazine rings is 1. The first-order chi connectivity index (χ1) is 7.50. The molecule has 5 nitrogen and oxygen atoms in total. The molecule has 1 aliphatic rings. The van der Waals surface area contributed by atoms with Gasteiger partial charge in [0.25, 0.3) is 0 Å². The van der Waals surface area contributed by atoms with E-state index in [2.05, 4.69) is 22.6 Å². The van der Waals surface area contributed by atoms with Crippen molar-refractivity contribution in [1.82, 2.24) is 20.4 Å². The van der Waals surface area contributed by atoms with Crippen LogP contribution >= 0.6 is 0 Å². The van der Waals surface area contributed by atoms with Gasteiger partial charge in [0.2, 0.25) is 0 Å². The van der Waals surface area contributed by atoms with E-state index in [0.717, 1.165) is 26.2 Å². The zero-order chi connectivity index (χ0) is 12.1. The molecule has 1 rings (SSSR count). The third kappa shape index (κ3) is 3.98. The van der Waals surface area contributed by atoms with Gasteiger partial charge < -0.3 is 15.5 Å². The van der Waals surface area contributed by atoms with Gasteiger partial charge in [0, 0.05) is 45.3 Å².